The maximum atomic E-state index is 12.5. The number of nitrogens with one attached hydrogen (secondary N) is 1. The van der Waals surface area contributed by atoms with Crippen LogP contribution in [0.4, 0.5) is 5.00 Å². The van der Waals surface area contributed by atoms with Gasteiger partial charge in [0.1, 0.15) is 5.00 Å². The Bertz CT molecular complexity index is 687. The first-order valence-electron chi connectivity index (χ1n) is 11.3. The maximum Gasteiger partial charge on any atom is 0.341 e. The van der Waals surface area contributed by atoms with Crippen LogP contribution in [0, 0.1) is 11.3 Å². The van der Waals surface area contributed by atoms with Gasteiger partial charge in [-0.05, 0) is 42.6 Å². The van der Waals surface area contributed by atoms with Gasteiger partial charge in [-0.3, -0.25) is 4.79 Å². The number of hydrogen-bond donors (Lipinski definition) is 1. The number of esters is 1. The zero-order valence-electron chi connectivity index (χ0n) is 19.0. The van der Waals surface area contributed by atoms with Crippen LogP contribution in [0.3, 0.4) is 0 Å². The van der Waals surface area contributed by atoms with Crippen molar-refractivity contribution in [1.29, 1.82) is 0 Å². The van der Waals surface area contributed by atoms with Gasteiger partial charge in [-0.1, -0.05) is 66.2 Å². The number of anilines is 1. The average molecular weight is 422 g/mol. The Balaban J connectivity index is 1.98. The van der Waals surface area contributed by atoms with Crippen LogP contribution in [0.2, 0.25) is 0 Å². The molecule has 0 bridgehead atoms. The lowest BCUT2D eigenvalue weighted by atomic mass is 9.72. The highest BCUT2D eigenvalue weighted by Gasteiger charge is 2.34. The number of hydrogen-bond acceptors (Lipinski definition) is 4. The first-order valence-corrected chi connectivity index (χ1v) is 12.1. The van der Waals surface area contributed by atoms with Crippen molar-refractivity contribution in [3.8, 4) is 0 Å². The number of carbonyl (C=O) groups is 2. The zero-order valence-corrected chi connectivity index (χ0v) is 19.8. The van der Waals surface area contributed by atoms with Gasteiger partial charge in [0.05, 0.1) is 12.7 Å². The van der Waals surface area contributed by atoms with Gasteiger partial charge >= 0.3 is 5.97 Å². The summed E-state index contributed by atoms with van der Waals surface area (Å²) in [5.41, 5.74) is 1.93. The van der Waals surface area contributed by atoms with Crippen LogP contribution < -0.4 is 5.32 Å². The summed E-state index contributed by atoms with van der Waals surface area (Å²) in [5, 5.41) is 3.71. The lowest BCUT2D eigenvalue weighted by molar-refractivity contribution is -0.116. The van der Waals surface area contributed by atoms with Crippen LogP contribution >= 0.6 is 11.3 Å². The first kappa shape index (κ1) is 23.9. The van der Waals surface area contributed by atoms with Crippen LogP contribution in [0.25, 0.3) is 0 Å². The summed E-state index contributed by atoms with van der Waals surface area (Å²) in [6, 6.07) is 0. The van der Waals surface area contributed by atoms with Crippen LogP contribution in [-0.2, 0) is 22.4 Å². The summed E-state index contributed by atoms with van der Waals surface area (Å²) >= 11 is 1.57. The second kappa shape index (κ2) is 11.1. The number of thiophene rings is 1. The quantitative estimate of drug-likeness (QED) is 0.335. The van der Waals surface area contributed by atoms with Crippen molar-refractivity contribution in [1.82, 2.24) is 0 Å². The van der Waals surface area contributed by atoms with Crippen molar-refractivity contribution in [3.63, 3.8) is 0 Å². The summed E-state index contributed by atoms with van der Waals surface area (Å²) in [6.45, 7) is 9.06. The molecule has 164 valence electrons. The summed E-state index contributed by atoms with van der Waals surface area (Å²) in [7, 11) is 1.41. The van der Waals surface area contributed by atoms with Crippen molar-refractivity contribution in [2.45, 2.75) is 98.3 Å². The molecule has 29 heavy (non-hydrogen) atoms. The highest BCUT2D eigenvalue weighted by Crippen LogP contribution is 2.44. The average Bonchev–Trinajstić information content (AvgIpc) is 3.02. The first-order chi connectivity index (χ1) is 13.8. The third kappa shape index (κ3) is 6.84. The lowest BCUT2D eigenvalue weighted by Crippen LogP contribution is -2.26. The summed E-state index contributed by atoms with van der Waals surface area (Å²) in [6.07, 6.45) is 11.7. The third-order valence-electron chi connectivity index (χ3n) is 6.14. The van der Waals surface area contributed by atoms with E-state index in [9.17, 15) is 9.59 Å². The largest absolute Gasteiger partial charge is 0.465 e. The normalized spacial score (nSPS) is 16.4. The number of amides is 1. The molecule has 0 aliphatic heterocycles. The molecule has 2 rings (SSSR count). The summed E-state index contributed by atoms with van der Waals surface area (Å²) in [5.74, 6) is 0.271. The van der Waals surface area contributed by atoms with Gasteiger partial charge in [0.15, 0.2) is 0 Å². The molecule has 1 aliphatic rings. The molecule has 4 nitrogen and oxygen atoms in total. The molecule has 1 N–H and O–H groups in total. The van der Waals surface area contributed by atoms with E-state index in [4.69, 9.17) is 4.74 Å². The predicted octanol–water partition coefficient (Wildman–Crippen LogP) is 6.76. The maximum absolute atomic E-state index is 12.5. The Labute approximate surface area is 180 Å². The van der Waals surface area contributed by atoms with Crippen LogP contribution in [-0.4, -0.2) is 19.0 Å². The molecule has 0 saturated carbocycles. The Morgan fingerprint density at radius 3 is 2.38 bits per heavy atom. The molecule has 1 atom stereocenters. The molecular formula is C24H39NO3S. The van der Waals surface area contributed by atoms with E-state index in [1.165, 1.54) is 44.1 Å². The highest BCUT2D eigenvalue weighted by atomic mass is 32.1. The smallest absolute Gasteiger partial charge is 0.341 e. The Morgan fingerprint density at radius 1 is 1.10 bits per heavy atom. The van der Waals surface area contributed by atoms with Crippen LogP contribution in [0.1, 0.15) is 106 Å². The summed E-state index contributed by atoms with van der Waals surface area (Å²) in [4.78, 5) is 26.2. The monoisotopic (exact) mass is 421 g/mol. The Kier molecular flexibility index (Phi) is 9.19. The molecule has 0 radical (unpaired) electrons. The molecule has 1 heterocycles. The molecule has 0 aromatic carbocycles. The fraction of sp³-hybridized carbons (Fsp3) is 0.750. The number of rotatable bonds is 10. The minimum absolute atomic E-state index is 0.00896. The van der Waals surface area contributed by atoms with Gasteiger partial charge in [-0.2, -0.15) is 0 Å². The zero-order chi connectivity index (χ0) is 21.4. The van der Waals surface area contributed by atoms with Crippen molar-refractivity contribution >= 4 is 28.2 Å². The second-order valence-electron chi connectivity index (χ2n) is 9.42. The van der Waals surface area contributed by atoms with Crippen LogP contribution in [0.5, 0.6) is 0 Å². The van der Waals surface area contributed by atoms with Crippen molar-refractivity contribution in [2.24, 2.45) is 11.3 Å². The van der Waals surface area contributed by atoms with E-state index in [0.717, 1.165) is 37.7 Å². The minimum Gasteiger partial charge on any atom is -0.465 e. The van der Waals surface area contributed by atoms with Crippen molar-refractivity contribution in [2.75, 3.05) is 12.4 Å². The lowest BCUT2D eigenvalue weighted by Gasteiger charge is -2.33. The van der Waals surface area contributed by atoms with Crippen molar-refractivity contribution in [3.05, 3.63) is 16.0 Å². The Hall–Kier alpha value is -1.36. The minimum atomic E-state index is -0.331. The number of unbranched alkanes of at least 4 members (excludes halogenated alkanes) is 6. The van der Waals surface area contributed by atoms with E-state index in [-0.39, 0.29) is 17.3 Å². The predicted molar refractivity (Wildman–Crippen MR) is 122 cm³/mol. The van der Waals surface area contributed by atoms with Gasteiger partial charge in [0.25, 0.3) is 0 Å². The second-order valence-corrected chi connectivity index (χ2v) is 10.5. The van der Waals surface area contributed by atoms with Gasteiger partial charge in [0, 0.05) is 11.3 Å². The SMILES string of the molecule is CCCCCCCCCC(=O)Nc1sc2c(c1C(=O)OC)CCC(C(C)(C)C)C2. The standard InChI is InChI=1S/C24H39NO3S/c1-6-7-8-9-10-11-12-13-20(26)25-22-21(23(27)28-5)18-15-14-17(24(2,3)4)16-19(18)29-22/h17H,6-16H2,1-5H3,(H,25,26). The molecule has 1 aromatic rings. The fourth-order valence-electron chi connectivity index (χ4n) is 4.16. The van der Waals surface area contributed by atoms with Crippen molar-refractivity contribution < 1.29 is 14.3 Å². The van der Waals surface area contributed by atoms with Crippen LogP contribution in [0.15, 0.2) is 0 Å². The molecule has 0 fully saturated rings. The van der Waals surface area contributed by atoms with Gasteiger partial charge in [-0.15, -0.1) is 11.3 Å². The summed E-state index contributed by atoms with van der Waals surface area (Å²) < 4.78 is 5.04. The molecule has 1 amide bonds. The Morgan fingerprint density at radius 2 is 1.76 bits per heavy atom. The topological polar surface area (TPSA) is 55.4 Å². The molecule has 5 heteroatoms. The molecular weight excluding hydrogens is 382 g/mol. The molecule has 0 saturated heterocycles. The number of methoxy groups -OCH3 is 1. The fourth-order valence-corrected chi connectivity index (χ4v) is 5.49. The number of carbonyl (C=O) groups excluding carboxylic acids is 2. The van der Waals surface area contributed by atoms with E-state index in [0.29, 0.717) is 22.9 Å². The van der Waals surface area contributed by atoms with Gasteiger partial charge in [0.2, 0.25) is 5.91 Å². The highest BCUT2D eigenvalue weighted by molar-refractivity contribution is 7.17. The van der Waals surface area contributed by atoms with E-state index >= 15 is 0 Å². The van der Waals surface area contributed by atoms with E-state index < -0.39 is 0 Å². The van der Waals surface area contributed by atoms with E-state index in [1.54, 1.807) is 11.3 Å². The molecule has 1 unspecified atom stereocenters. The van der Waals surface area contributed by atoms with E-state index in [2.05, 4.69) is 33.0 Å². The molecule has 0 spiro atoms. The number of fused-ring (bicyclic) bond motifs is 1. The molecule has 1 aromatic heterocycles. The van der Waals surface area contributed by atoms with Gasteiger partial charge < -0.3 is 10.1 Å². The van der Waals surface area contributed by atoms with Gasteiger partial charge in [-0.25, -0.2) is 4.79 Å². The van der Waals surface area contributed by atoms with E-state index in [1.807, 2.05) is 0 Å². The number of ether oxygens (including phenoxy) is 1. The third-order valence-corrected chi connectivity index (χ3v) is 7.31. The molecule has 1 aliphatic carbocycles.